The largest absolute Gasteiger partial charge is 0.472 e. The Hall–Kier alpha value is -2.18. The molecule has 1 atom stereocenters. The highest BCUT2D eigenvalue weighted by molar-refractivity contribution is 9.10. The van der Waals surface area contributed by atoms with Crippen LogP contribution in [0.5, 0.6) is 5.88 Å². The van der Waals surface area contributed by atoms with Gasteiger partial charge >= 0.3 is 0 Å². The van der Waals surface area contributed by atoms with Crippen molar-refractivity contribution < 1.29 is 9.47 Å². The first kappa shape index (κ1) is 16.3. The van der Waals surface area contributed by atoms with Gasteiger partial charge in [-0.25, -0.2) is 9.97 Å². The minimum atomic E-state index is 0.107. The van der Waals surface area contributed by atoms with Crippen molar-refractivity contribution in [3.8, 4) is 5.88 Å². The summed E-state index contributed by atoms with van der Waals surface area (Å²) < 4.78 is 12.2. The number of pyridine rings is 2. The van der Waals surface area contributed by atoms with E-state index in [1.54, 1.807) is 6.20 Å². The van der Waals surface area contributed by atoms with Gasteiger partial charge in [-0.1, -0.05) is 12.1 Å². The third-order valence-corrected chi connectivity index (χ3v) is 4.76. The Morgan fingerprint density at radius 3 is 3.08 bits per heavy atom. The standard InChI is InChI=1S/C19H18BrN3O2/c20-16-3-1-2-14-4-5-17(23-19(14)16)22-11-13-6-8-21-18(10-13)25-15-7-9-24-12-15/h1-6,8,10,15H,7,9,11-12H2,(H,22,23). The highest BCUT2D eigenvalue weighted by atomic mass is 79.9. The SMILES string of the molecule is Brc1cccc2ccc(NCc3ccnc(OC4CCOC4)c3)nc12. The van der Waals surface area contributed by atoms with Crippen LogP contribution in [0.3, 0.4) is 0 Å². The summed E-state index contributed by atoms with van der Waals surface area (Å²) in [6.07, 6.45) is 2.79. The zero-order valence-electron chi connectivity index (χ0n) is 13.6. The molecular formula is C19H18BrN3O2. The highest BCUT2D eigenvalue weighted by Gasteiger charge is 2.17. The van der Waals surface area contributed by atoms with Crippen molar-refractivity contribution in [3.63, 3.8) is 0 Å². The average molecular weight is 400 g/mol. The number of fused-ring (bicyclic) bond motifs is 1. The molecule has 3 heterocycles. The Balaban J connectivity index is 1.45. The van der Waals surface area contributed by atoms with Crippen LogP contribution in [0, 0.1) is 0 Å². The highest BCUT2D eigenvalue weighted by Crippen LogP contribution is 2.24. The summed E-state index contributed by atoms with van der Waals surface area (Å²) in [5.41, 5.74) is 2.05. The lowest BCUT2D eigenvalue weighted by molar-refractivity contribution is 0.138. The van der Waals surface area contributed by atoms with Gasteiger partial charge in [0.05, 0.1) is 18.7 Å². The normalized spacial score (nSPS) is 16.9. The summed E-state index contributed by atoms with van der Waals surface area (Å²) in [5, 5.41) is 4.47. The van der Waals surface area contributed by atoms with Gasteiger partial charge < -0.3 is 14.8 Å². The van der Waals surface area contributed by atoms with Gasteiger partial charge in [-0.15, -0.1) is 0 Å². The van der Waals surface area contributed by atoms with Gasteiger partial charge in [0.1, 0.15) is 11.9 Å². The Labute approximate surface area is 154 Å². The summed E-state index contributed by atoms with van der Waals surface area (Å²) >= 11 is 3.55. The number of halogens is 1. The molecule has 0 amide bonds. The van der Waals surface area contributed by atoms with Gasteiger partial charge in [-0.05, 0) is 45.8 Å². The molecule has 128 valence electrons. The summed E-state index contributed by atoms with van der Waals surface area (Å²) in [5.74, 6) is 1.48. The van der Waals surface area contributed by atoms with E-state index in [0.717, 1.165) is 39.8 Å². The molecule has 0 saturated carbocycles. The van der Waals surface area contributed by atoms with Crippen LogP contribution in [-0.4, -0.2) is 29.3 Å². The Morgan fingerprint density at radius 1 is 1.24 bits per heavy atom. The first-order valence-electron chi connectivity index (χ1n) is 8.26. The number of hydrogen-bond acceptors (Lipinski definition) is 5. The smallest absolute Gasteiger partial charge is 0.213 e. The van der Waals surface area contributed by atoms with Gasteiger partial charge in [-0.2, -0.15) is 0 Å². The third-order valence-electron chi connectivity index (χ3n) is 4.12. The lowest BCUT2D eigenvalue weighted by atomic mass is 10.2. The quantitative estimate of drug-likeness (QED) is 0.697. The van der Waals surface area contributed by atoms with Crippen LogP contribution in [-0.2, 0) is 11.3 Å². The number of ether oxygens (including phenoxy) is 2. The predicted octanol–water partition coefficient (Wildman–Crippen LogP) is 4.17. The number of rotatable bonds is 5. The van der Waals surface area contributed by atoms with E-state index in [2.05, 4.69) is 43.3 Å². The van der Waals surface area contributed by atoms with Gasteiger partial charge in [0, 0.05) is 35.1 Å². The molecule has 1 fully saturated rings. The number of benzene rings is 1. The van der Waals surface area contributed by atoms with E-state index in [0.29, 0.717) is 19.0 Å². The van der Waals surface area contributed by atoms with Crippen molar-refractivity contribution in [1.82, 2.24) is 9.97 Å². The molecule has 6 heteroatoms. The van der Waals surface area contributed by atoms with E-state index >= 15 is 0 Å². The lowest BCUT2D eigenvalue weighted by Crippen LogP contribution is -2.16. The average Bonchev–Trinajstić information content (AvgIpc) is 3.14. The molecule has 0 aliphatic carbocycles. The summed E-state index contributed by atoms with van der Waals surface area (Å²) in [4.78, 5) is 8.96. The van der Waals surface area contributed by atoms with Crippen LogP contribution in [0.25, 0.3) is 10.9 Å². The number of anilines is 1. The van der Waals surface area contributed by atoms with Crippen molar-refractivity contribution in [2.45, 2.75) is 19.1 Å². The molecule has 1 saturated heterocycles. The van der Waals surface area contributed by atoms with Crippen LogP contribution in [0.1, 0.15) is 12.0 Å². The van der Waals surface area contributed by atoms with E-state index < -0.39 is 0 Å². The fraction of sp³-hybridized carbons (Fsp3) is 0.263. The maximum atomic E-state index is 5.86. The minimum absolute atomic E-state index is 0.107. The number of hydrogen-bond donors (Lipinski definition) is 1. The van der Waals surface area contributed by atoms with Crippen LogP contribution in [0.4, 0.5) is 5.82 Å². The molecule has 0 radical (unpaired) electrons. The Morgan fingerprint density at radius 2 is 2.20 bits per heavy atom. The third kappa shape index (κ3) is 3.91. The van der Waals surface area contributed by atoms with Crippen molar-refractivity contribution in [1.29, 1.82) is 0 Å². The monoisotopic (exact) mass is 399 g/mol. The van der Waals surface area contributed by atoms with Gasteiger partial charge in [-0.3, -0.25) is 0 Å². The number of aromatic nitrogens is 2. The molecule has 3 aromatic rings. The van der Waals surface area contributed by atoms with E-state index in [4.69, 9.17) is 9.47 Å². The molecule has 2 aromatic heterocycles. The molecule has 4 rings (SSSR count). The second kappa shape index (κ2) is 7.37. The fourth-order valence-electron chi connectivity index (χ4n) is 2.80. The molecule has 1 unspecified atom stereocenters. The summed E-state index contributed by atoms with van der Waals surface area (Å²) in [6.45, 7) is 2.05. The molecule has 5 nitrogen and oxygen atoms in total. The number of nitrogens with one attached hydrogen (secondary N) is 1. The molecule has 25 heavy (non-hydrogen) atoms. The topological polar surface area (TPSA) is 56.3 Å². The lowest BCUT2D eigenvalue weighted by Gasteiger charge is -2.12. The minimum Gasteiger partial charge on any atom is -0.472 e. The first-order valence-corrected chi connectivity index (χ1v) is 9.06. The van der Waals surface area contributed by atoms with Gasteiger partial charge in [0.2, 0.25) is 5.88 Å². The predicted molar refractivity (Wildman–Crippen MR) is 101 cm³/mol. The van der Waals surface area contributed by atoms with Crippen molar-refractivity contribution in [2.75, 3.05) is 18.5 Å². The first-order chi connectivity index (χ1) is 12.3. The van der Waals surface area contributed by atoms with Crippen molar-refractivity contribution >= 4 is 32.7 Å². The molecule has 1 aliphatic rings. The van der Waals surface area contributed by atoms with E-state index in [1.165, 1.54) is 0 Å². The second-order valence-corrected chi connectivity index (χ2v) is 6.82. The zero-order valence-corrected chi connectivity index (χ0v) is 15.2. The van der Waals surface area contributed by atoms with Crippen LogP contribution in [0.15, 0.2) is 53.1 Å². The second-order valence-electron chi connectivity index (χ2n) is 5.97. The van der Waals surface area contributed by atoms with Crippen LogP contribution >= 0.6 is 15.9 Å². The zero-order chi connectivity index (χ0) is 17.1. The maximum Gasteiger partial charge on any atom is 0.213 e. The summed E-state index contributed by atoms with van der Waals surface area (Å²) in [6, 6.07) is 14.0. The Kier molecular flexibility index (Phi) is 4.81. The molecule has 1 N–H and O–H groups in total. The van der Waals surface area contributed by atoms with Crippen LogP contribution in [0.2, 0.25) is 0 Å². The van der Waals surface area contributed by atoms with Gasteiger partial charge in [0.15, 0.2) is 0 Å². The van der Waals surface area contributed by atoms with E-state index in [-0.39, 0.29) is 6.10 Å². The summed E-state index contributed by atoms with van der Waals surface area (Å²) in [7, 11) is 0. The molecule has 0 spiro atoms. The van der Waals surface area contributed by atoms with Crippen molar-refractivity contribution in [2.24, 2.45) is 0 Å². The fourth-order valence-corrected chi connectivity index (χ4v) is 3.27. The van der Waals surface area contributed by atoms with E-state index in [9.17, 15) is 0 Å². The molecular weight excluding hydrogens is 382 g/mol. The number of nitrogens with zero attached hydrogens (tertiary/aromatic N) is 2. The van der Waals surface area contributed by atoms with Gasteiger partial charge in [0.25, 0.3) is 0 Å². The van der Waals surface area contributed by atoms with Crippen molar-refractivity contribution in [3.05, 3.63) is 58.7 Å². The maximum absolute atomic E-state index is 5.86. The van der Waals surface area contributed by atoms with E-state index in [1.807, 2.05) is 30.3 Å². The molecule has 1 aliphatic heterocycles. The Bertz CT molecular complexity index is 881. The molecule has 1 aromatic carbocycles. The number of para-hydroxylation sites is 1. The molecule has 0 bridgehead atoms. The van der Waals surface area contributed by atoms with Crippen LogP contribution < -0.4 is 10.1 Å².